The summed E-state index contributed by atoms with van der Waals surface area (Å²) in [5, 5.41) is 4.16. The fourth-order valence-corrected chi connectivity index (χ4v) is 2.82. The van der Waals surface area contributed by atoms with Crippen LogP contribution in [0.2, 0.25) is 5.02 Å². The Morgan fingerprint density at radius 2 is 1.61 bits per heavy atom. The van der Waals surface area contributed by atoms with Gasteiger partial charge in [0.05, 0.1) is 25.3 Å². The number of benzene rings is 3. The zero-order valence-electron chi connectivity index (χ0n) is 17.0. The Balaban J connectivity index is 1.59. The van der Waals surface area contributed by atoms with Crippen LogP contribution in [0.1, 0.15) is 21.5 Å². The lowest BCUT2D eigenvalue weighted by Gasteiger charge is -2.08. The molecule has 0 heterocycles. The second-order valence-corrected chi connectivity index (χ2v) is 6.80. The number of hydrogen-bond acceptors (Lipinski definition) is 6. The quantitative estimate of drug-likeness (QED) is 0.241. The second kappa shape index (κ2) is 10.4. The lowest BCUT2D eigenvalue weighted by molar-refractivity contribution is 0.0516. The van der Waals surface area contributed by atoms with Gasteiger partial charge in [0.25, 0.3) is 0 Å². The number of nitrogens with two attached hydrogens (primary N) is 1. The van der Waals surface area contributed by atoms with Crippen molar-refractivity contribution in [2.75, 3.05) is 14.2 Å². The molecule has 0 saturated carbocycles. The minimum absolute atomic E-state index is 0.0304. The first kappa shape index (κ1) is 22.0. The van der Waals surface area contributed by atoms with Crippen LogP contribution in [-0.4, -0.2) is 26.0 Å². The third kappa shape index (κ3) is 5.90. The van der Waals surface area contributed by atoms with Crippen molar-refractivity contribution in [1.82, 2.24) is 0 Å². The number of amidine groups is 1. The number of carbonyl (C=O) groups excluding carboxylic acids is 1. The van der Waals surface area contributed by atoms with E-state index < -0.39 is 5.97 Å². The van der Waals surface area contributed by atoms with E-state index in [0.29, 0.717) is 34.3 Å². The predicted octanol–water partition coefficient (Wildman–Crippen LogP) is 4.41. The molecule has 3 aromatic rings. The van der Waals surface area contributed by atoms with E-state index in [1.165, 1.54) is 7.11 Å². The van der Waals surface area contributed by atoms with Crippen LogP contribution in [0.25, 0.3) is 0 Å². The molecule has 160 valence electrons. The molecule has 0 aromatic heterocycles. The molecule has 0 amide bonds. The first-order valence-electron chi connectivity index (χ1n) is 9.24. The van der Waals surface area contributed by atoms with Crippen molar-refractivity contribution in [3.63, 3.8) is 0 Å². The van der Waals surface area contributed by atoms with Crippen LogP contribution in [0.5, 0.6) is 17.2 Å². The molecule has 3 aromatic carbocycles. The van der Waals surface area contributed by atoms with Gasteiger partial charge < -0.3 is 24.8 Å². The van der Waals surface area contributed by atoms with E-state index in [1.54, 1.807) is 49.6 Å². The van der Waals surface area contributed by atoms with Crippen LogP contribution < -0.4 is 19.9 Å². The summed E-state index contributed by atoms with van der Waals surface area (Å²) in [6.07, 6.45) is 0. The van der Waals surface area contributed by atoms with E-state index >= 15 is 0 Å². The highest BCUT2D eigenvalue weighted by molar-refractivity contribution is 6.31. The van der Waals surface area contributed by atoms with E-state index in [-0.39, 0.29) is 5.84 Å². The maximum atomic E-state index is 12.3. The molecule has 7 nitrogen and oxygen atoms in total. The van der Waals surface area contributed by atoms with E-state index in [0.717, 1.165) is 11.3 Å². The topological polar surface area (TPSA) is 92.4 Å². The highest BCUT2D eigenvalue weighted by atomic mass is 35.5. The van der Waals surface area contributed by atoms with E-state index in [1.807, 2.05) is 24.3 Å². The van der Waals surface area contributed by atoms with Crippen LogP contribution in [0, 0.1) is 0 Å². The van der Waals surface area contributed by atoms with Gasteiger partial charge in [0, 0.05) is 5.02 Å². The van der Waals surface area contributed by atoms with E-state index in [4.69, 9.17) is 36.4 Å². The van der Waals surface area contributed by atoms with Gasteiger partial charge in [-0.1, -0.05) is 28.9 Å². The van der Waals surface area contributed by atoms with Crippen LogP contribution in [0.4, 0.5) is 0 Å². The fraction of sp³-hybridized carbons (Fsp3) is 0.130. The molecule has 0 radical (unpaired) electrons. The summed E-state index contributed by atoms with van der Waals surface area (Å²) in [5.41, 5.74) is 7.55. The molecule has 0 bridgehead atoms. The van der Waals surface area contributed by atoms with Crippen molar-refractivity contribution < 1.29 is 23.8 Å². The summed E-state index contributed by atoms with van der Waals surface area (Å²) in [6, 6.07) is 19.0. The molecule has 0 fully saturated rings. The maximum absolute atomic E-state index is 12.3. The van der Waals surface area contributed by atoms with Gasteiger partial charge in [-0.05, 0) is 60.2 Å². The molecule has 0 aliphatic carbocycles. The summed E-state index contributed by atoms with van der Waals surface area (Å²) in [4.78, 5) is 17.2. The van der Waals surface area contributed by atoms with Crippen LogP contribution in [-0.2, 0) is 11.4 Å². The molecular formula is C23H21ClN2O5. The van der Waals surface area contributed by atoms with Gasteiger partial charge in [-0.3, -0.25) is 0 Å². The standard InChI is InChI=1S/C23H21ClN2O5/c1-28-18-8-10-19(11-9-18)30-14-15-3-5-16(6-4-15)23(27)31-26-22(25)20-13-17(24)7-12-21(20)29-2/h3-13H,14H2,1-2H3,(H2,25,26). The van der Waals surface area contributed by atoms with Crippen LogP contribution in [0.15, 0.2) is 71.9 Å². The Bertz CT molecular complexity index is 1070. The zero-order valence-corrected chi connectivity index (χ0v) is 17.8. The van der Waals surface area contributed by atoms with Crippen molar-refractivity contribution in [3.8, 4) is 17.2 Å². The van der Waals surface area contributed by atoms with Gasteiger partial charge >= 0.3 is 5.97 Å². The Morgan fingerprint density at radius 3 is 2.26 bits per heavy atom. The van der Waals surface area contributed by atoms with Crippen LogP contribution >= 0.6 is 11.6 Å². The highest BCUT2D eigenvalue weighted by Gasteiger charge is 2.12. The Morgan fingerprint density at radius 1 is 0.935 bits per heavy atom. The van der Waals surface area contributed by atoms with Crippen molar-refractivity contribution in [2.45, 2.75) is 6.61 Å². The molecule has 0 aliphatic heterocycles. The average Bonchev–Trinajstić information content (AvgIpc) is 2.81. The van der Waals surface area contributed by atoms with E-state index in [2.05, 4.69) is 5.16 Å². The molecule has 31 heavy (non-hydrogen) atoms. The summed E-state index contributed by atoms with van der Waals surface area (Å²) in [7, 11) is 3.10. The highest BCUT2D eigenvalue weighted by Crippen LogP contribution is 2.22. The van der Waals surface area contributed by atoms with Gasteiger partial charge in [-0.2, -0.15) is 0 Å². The molecule has 3 rings (SSSR count). The first-order chi connectivity index (χ1) is 15.0. The summed E-state index contributed by atoms with van der Waals surface area (Å²) in [6.45, 7) is 0.349. The zero-order chi connectivity index (χ0) is 22.2. The molecule has 0 unspecified atom stereocenters. The molecule has 0 atom stereocenters. The number of carbonyl (C=O) groups is 1. The lowest BCUT2D eigenvalue weighted by atomic mass is 10.1. The number of halogens is 1. The number of oxime groups is 1. The Hall–Kier alpha value is -3.71. The predicted molar refractivity (Wildman–Crippen MR) is 118 cm³/mol. The van der Waals surface area contributed by atoms with Crippen molar-refractivity contribution in [1.29, 1.82) is 0 Å². The summed E-state index contributed by atoms with van der Waals surface area (Å²) < 4.78 is 16.0. The molecule has 0 aliphatic rings. The number of hydrogen-bond donors (Lipinski definition) is 1. The maximum Gasteiger partial charge on any atom is 0.365 e. The molecule has 8 heteroatoms. The number of nitrogens with zero attached hydrogens (tertiary/aromatic N) is 1. The van der Waals surface area contributed by atoms with Crippen molar-refractivity contribution in [3.05, 3.63) is 88.4 Å². The molecular weight excluding hydrogens is 420 g/mol. The molecule has 2 N–H and O–H groups in total. The number of rotatable bonds is 8. The average molecular weight is 441 g/mol. The lowest BCUT2D eigenvalue weighted by Crippen LogP contribution is -2.16. The SMILES string of the molecule is COc1ccc(OCc2ccc(C(=O)O/N=C(\N)c3cc(Cl)ccc3OC)cc2)cc1. The van der Waals surface area contributed by atoms with Gasteiger partial charge in [0.1, 0.15) is 23.9 Å². The normalized spacial score (nSPS) is 11.0. The second-order valence-electron chi connectivity index (χ2n) is 6.36. The van der Waals surface area contributed by atoms with Gasteiger partial charge in [-0.25, -0.2) is 4.79 Å². The summed E-state index contributed by atoms with van der Waals surface area (Å²) in [5.74, 6) is 1.25. The fourth-order valence-electron chi connectivity index (χ4n) is 2.65. The monoisotopic (exact) mass is 440 g/mol. The van der Waals surface area contributed by atoms with Gasteiger partial charge in [-0.15, -0.1) is 0 Å². The Labute approximate surface area is 184 Å². The minimum Gasteiger partial charge on any atom is -0.497 e. The number of methoxy groups -OCH3 is 2. The summed E-state index contributed by atoms with van der Waals surface area (Å²) >= 11 is 5.98. The smallest absolute Gasteiger partial charge is 0.365 e. The third-order valence-corrected chi connectivity index (χ3v) is 4.55. The van der Waals surface area contributed by atoms with Crippen molar-refractivity contribution in [2.24, 2.45) is 10.9 Å². The van der Waals surface area contributed by atoms with Gasteiger partial charge in [0.2, 0.25) is 0 Å². The minimum atomic E-state index is -0.647. The third-order valence-electron chi connectivity index (χ3n) is 4.32. The Kier molecular flexibility index (Phi) is 7.35. The molecule has 0 spiro atoms. The van der Waals surface area contributed by atoms with E-state index in [9.17, 15) is 4.79 Å². The van der Waals surface area contributed by atoms with Gasteiger partial charge in [0.15, 0.2) is 5.84 Å². The molecule has 0 saturated heterocycles. The first-order valence-corrected chi connectivity index (χ1v) is 9.62. The van der Waals surface area contributed by atoms with Crippen molar-refractivity contribution >= 4 is 23.4 Å². The largest absolute Gasteiger partial charge is 0.497 e. The number of ether oxygens (including phenoxy) is 3. The van der Waals surface area contributed by atoms with Crippen LogP contribution in [0.3, 0.4) is 0 Å².